The molecular formula is C12H15NO2S. The Labute approximate surface area is 99.3 Å². The van der Waals surface area contributed by atoms with Gasteiger partial charge in [0.25, 0.3) is 0 Å². The van der Waals surface area contributed by atoms with Gasteiger partial charge in [-0.15, -0.1) is 11.3 Å². The lowest BCUT2D eigenvalue weighted by atomic mass is 10.2. The summed E-state index contributed by atoms with van der Waals surface area (Å²) in [4.78, 5) is 14.8. The van der Waals surface area contributed by atoms with Gasteiger partial charge in [-0.3, -0.25) is 4.79 Å². The van der Waals surface area contributed by atoms with Crippen LogP contribution < -0.4 is 0 Å². The van der Waals surface area contributed by atoms with E-state index in [9.17, 15) is 4.79 Å². The van der Waals surface area contributed by atoms with E-state index < -0.39 is 0 Å². The van der Waals surface area contributed by atoms with E-state index in [1.807, 2.05) is 24.4 Å². The van der Waals surface area contributed by atoms with E-state index in [2.05, 4.69) is 4.90 Å². The Bertz CT molecular complexity index is 378. The van der Waals surface area contributed by atoms with Crippen molar-refractivity contribution in [2.45, 2.75) is 6.92 Å². The maximum atomic E-state index is 11.8. The molecule has 1 aromatic heterocycles. The third-order valence-corrected chi connectivity index (χ3v) is 3.50. The second-order valence-corrected chi connectivity index (χ2v) is 4.67. The Morgan fingerprint density at radius 3 is 2.88 bits per heavy atom. The van der Waals surface area contributed by atoms with Gasteiger partial charge in [0.1, 0.15) is 0 Å². The minimum Gasteiger partial charge on any atom is -0.378 e. The lowest BCUT2D eigenvalue weighted by Gasteiger charge is -2.29. The molecule has 0 radical (unpaired) electrons. The third kappa shape index (κ3) is 2.71. The van der Waals surface area contributed by atoms with E-state index >= 15 is 0 Å². The second-order valence-electron chi connectivity index (χ2n) is 3.73. The van der Waals surface area contributed by atoms with Crippen molar-refractivity contribution in [3.05, 3.63) is 34.2 Å². The van der Waals surface area contributed by atoms with Crippen LogP contribution in [0.2, 0.25) is 0 Å². The van der Waals surface area contributed by atoms with E-state index in [0.29, 0.717) is 0 Å². The standard InChI is InChI=1S/C12H15NO2S/c1-10(13-4-6-15-7-5-13)9-11(14)12-3-2-8-16-12/h2-3,8-9H,4-7H2,1H3/b10-9+. The monoisotopic (exact) mass is 237 g/mol. The summed E-state index contributed by atoms with van der Waals surface area (Å²) < 4.78 is 5.28. The summed E-state index contributed by atoms with van der Waals surface area (Å²) in [5.41, 5.74) is 1.03. The predicted octanol–water partition coefficient (Wildman–Crippen LogP) is 2.17. The zero-order valence-electron chi connectivity index (χ0n) is 9.31. The van der Waals surface area contributed by atoms with E-state index in [1.165, 1.54) is 11.3 Å². The van der Waals surface area contributed by atoms with E-state index in [4.69, 9.17) is 4.74 Å². The molecule has 1 aliphatic rings. The van der Waals surface area contributed by atoms with Gasteiger partial charge in [0.15, 0.2) is 5.78 Å². The van der Waals surface area contributed by atoms with Crippen LogP contribution in [0.15, 0.2) is 29.3 Å². The maximum absolute atomic E-state index is 11.8. The summed E-state index contributed by atoms with van der Waals surface area (Å²) in [5.74, 6) is 0.0963. The SMILES string of the molecule is C/C(=C\C(=O)c1cccs1)N1CCOCC1. The molecule has 0 amide bonds. The molecule has 0 N–H and O–H groups in total. The van der Waals surface area contributed by atoms with Crippen molar-refractivity contribution in [2.24, 2.45) is 0 Å². The van der Waals surface area contributed by atoms with Crippen molar-refractivity contribution >= 4 is 17.1 Å². The minimum absolute atomic E-state index is 0.0963. The fourth-order valence-electron chi connectivity index (χ4n) is 1.69. The van der Waals surface area contributed by atoms with Crippen molar-refractivity contribution in [2.75, 3.05) is 26.3 Å². The van der Waals surface area contributed by atoms with Crippen LogP contribution >= 0.6 is 11.3 Å². The van der Waals surface area contributed by atoms with Crippen LogP contribution in [0.3, 0.4) is 0 Å². The quantitative estimate of drug-likeness (QED) is 0.596. The third-order valence-electron chi connectivity index (χ3n) is 2.61. The van der Waals surface area contributed by atoms with Gasteiger partial charge in [-0.05, 0) is 18.4 Å². The van der Waals surface area contributed by atoms with Crippen molar-refractivity contribution in [3.8, 4) is 0 Å². The summed E-state index contributed by atoms with van der Waals surface area (Å²) in [6.07, 6.45) is 1.72. The molecule has 1 fully saturated rings. The Morgan fingerprint density at radius 2 is 2.25 bits per heavy atom. The largest absolute Gasteiger partial charge is 0.378 e. The highest BCUT2D eigenvalue weighted by atomic mass is 32.1. The molecule has 0 unspecified atom stereocenters. The average Bonchev–Trinajstić information content (AvgIpc) is 2.83. The molecule has 0 bridgehead atoms. The molecule has 1 aromatic rings. The molecular weight excluding hydrogens is 222 g/mol. The predicted molar refractivity (Wildman–Crippen MR) is 64.8 cm³/mol. The smallest absolute Gasteiger partial charge is 0.197 e. The van der Waals surface area contributed by atoms with Crippen LogP contribution in [0.1, 0.15) is 16.6 Å². The van der Waals surface area contributed by atoms with E-state index in [0.717, 1.165) is 36.9 Å². The molecule has 1 saturated heterocycles. The molecule has 0 atom stereocenters. The number of rotatable bonds is 3. The van der Waals surface area contributed by atoms with Crippen LogP contribution in [-0.4, -0.2) is 37.0 Å². The Balaban J connectivity index is 2.02. The van der Waals surface area contributed by atoms with Crippen molar-refractivity contribution in [1.82, 2.24) is 4.90 Å². The van der Waals surface area contributed by atoms with Crippen molar-refractivity contribution in [1.29, 1.82) is 0 Å². The molecule has 0 aromatic carbocycles. The molecule has 0 aliphatic carbocycles. The number of allylic oxidation sites excluding steroid dienone is 2. The van der Waals surface area contributed by atoms with E-state index in [1.54, 1.807) is 6.08 Å². The molecule has 0 spiro atoms. The summed E-state index contributed by atoms with van der Waals surface area (Å²) in [7, 11) is 0. The maximum Gasteiger partial charge on any atom is 0.197 e. The average molecular weight is 237 g/mol. The summed E-state index contributed by atoms with van der Waals surface area (Å²) in [6.45, 7) is 5.23. The van der Waals surface area contributed by atoms with Crippen LogP contribution in [-0.2, 0) is 4.74 Å². The summed E-state index contributed by atoms with van der Waals surface area (Å²) in [6, 6.07) is 3.76. The normalized spacial score (nSPS) is 17.6. The lowest BCUT2D eigenvalue weighted by molar-refractivity contribution is 0.0534. The Morgan fingerprint density at radius 1 is 1.50 bits per heavy atom. The molecule has 4 heteroatoms. The highest BCUT2D eigenvalue weighted by molar-refractivity contribution is 7.12. The molecule has 16 heavy (non-hydrogen) atoms. The van der Waals surface area contributed by atoms with Crippen LogP contribution in [0, 0.1) is 0 Å². The van der Waals surface area contributed by atoms with Gasteiger partial charge >= 0.3 is 0 Å². The Kier molecular flexibility index (Phi) is 3.74. The lowest BCUT2D eigenvalue weighted by Crippen LogP contribution is -2.35. The van der Waals surface area contributed by atoms with Gasteiger partial charge < -0.3 is 9.64 Å². The number of morpholine rings is 1. The van der Waals surface area contributed by atoms with E-state index in [-0.39, 0.29) is 5.78 Å². The molecule has 0 saturated carbocycles. The number of hydrogen-bond acceptors (Lipinski definition) is 4. The van der Waals surface area contributed by atoms with Gasteiger partial charge in [0.2, 0.25) is 0 Å². The number of ether oxygens (including phenoxy) is 1. The first kappa shape index (κ1) is 11.4. The first-order chi connectivity index (χ1) is 7.77. The van der Waals surface area contributed by atoms with Gasteiger partial charge in [-0.1, -0.05) is 6.07 Å². The minimum atomic E-state index is 0.0963. The zero-order valence-corrected chi connectivity index (χ0v) is 10.1. The van der Waals surface area contributed by atoms with Crippen molar-refractivity contribution < 1.29 is 9.53 Å². The van der Waals surface area contributed by atoms with Gasteiger partial charge in [0.05, 0.1) is 18.1 Å². The first-order valence-electron chi connectivity index (χ1n) is 5.36. The molecule has 3 nitrogen and oxygen atoms in total. The number of ketones is 1. The first-order valence-corrected chi connectivity index (χ1v) is 6.24. The zero-order chi connectivity index (χ0) is 11.4. The van der Waals surface area contributed by atoms with Gasteiger partial charge in [0, 0.05) is 24.9 Å². The number of carbonyl (C=O) groups excluding carboxylic acids is 1. The molecule has 1 aliphatic heterocycles. The summed E-state index contributed by atoms with van der Waals surface area (Å²) in [5, 5.41) is 1.92. The highest BCUT2D eigenvalue weighted by Crippen LogP contribution is 2.13. The topological polar surface area (TPSA) is 29.5 Å². The van der Waals surface area contributed by atoms with Gasteiger partial charge in [-0.25, -0.2) is 0 Å². The number of hydrogen-bond donors (Lipinski definition) is 0. The summed E-state index contributed by atoms with van der Waals surface area (Å²) >= 11 is 1.48. The van der Waals surface area contributed by atoms with Crippen LogP contribution in [0.4, 0.5) is 0 Å². The molecule has 2 heterocycles. The fraction of sp³-hybridized carbons (Fsp3) is 0.417. The van der Waals surface area contributed by atoms with Gasteiger partial charge in [-0.2, -0.15) is 0 Å². The Hall–Kier alpha value is -1.13. The second kappa shape index (κ2) is 5.27. The van der Waals surface area contributed by atoms with Crippen molar-refractivity contribution in [3.63, 3.8) is 0 Å². The number of thiophene rings is 1. The van der Waals surface area contributed by atoms with Crippen LogP contribution in [0.25, 0.3) is 0 Å². The number of nitrogens with zero attached hydrogens (tertiary/aromatic N) is 1. The molecule has 2 rings (SSSR count). The fourth-order valence-corrected chi connectivity index (χ4v) is 2.32. The highest BCUT2D eigenvalue weighted by Gasteiger charge is 2.12. The van der Waals surface area contributed by atoms with Crippen LogP contribution in [0.5, 0.6) is 0 Å². The number of carbonyl (C=O) groups is 1. The molecule has 86 valence electrons.